The number of rotatable bonds is 6. The Morgan fingerprint density at radius 1 is 1.46 bits per heavy atom. The van der Waals surface area contributed by atoms with Gasteiger partial charge in [0, 0.05) is 25.6 Å². The van der Waals surface area contributed by atoms with Crippen molar-refractivity contribution in [3.05, 3.63) is 5.82 Å². The highest BCUT2D eigenvalue weighted by Crippen LogP contribution is 2.23. The lowest BCUT2D eigenvalue weighted by Gasteiger charge is -2.26. The van der Waals surface area contributed by atoms with Crippen LogP contribution in [0.15, 0.2) is 0 Å². The molecular formula is C16H30N6O2. The summed E-state index contributed by atoms with van der Waals surface area (Å²) in [6, 6.07) is 0.238. The molecule has 2 heterocycles. The molecule has 1 saturated heterocycles. The van der Waals surface area contributed by atoms with E-state index in [0.717, 1.165) is 38.2 Å². The third kappa shape index (κ3) is 5.43. The average molecular weight is 338 g/mol. The molecule has 2 atom stereocenters. The summed E-state index contributed by atoms with van der Waals surface area (Å²) in [4.78, 5) is 15.5. The van der Waals surface area contributed by atoms with E-state index < -0.39 is 5.60 Å². The van der Waals surface area contributed by atoms with Crippen LogP contribution in [0.4, 0.5) is 4.79 Å². The smallest absolute Gasteiger partial charge is 0.410 e. The number of ether oxygens (including phenoxy) is 1. The highest BCUT2D eigenvalue weighted by molar-refractivity contribution is 5.68. The number of carbonyl (C=O) groups excluding carboxylic acids is 1. The van der Waals surface area contributed by atoms with Gasteiger partial charge < -0.3 is 15.0 Å². The molecule has 1 N–H and O–H groups in total. The zero-order valence-corrected chi connectivity index (χ0v) is 15.4. The number of hydrogen-bond acceptors (Lipinski definition) is 6. The molecule has 0 aromatic carbocycles. The summed E-state index contributed by atoms with van der Waals surface area (Å²) in [5, 5.41) is 15.9. The zero-order chi connectivity index (χ0) is 17.7. The van der Waals surface area contributed by atoms with Gasteiger partial charge in [0.2, 0.25) is 0 Å². The highest BCUT2D eigenvalue weighted by Gasteiger charge is 2.34. The van der Waals surface area contributed by atoms with E-state index in [9.17, 15) is 4.79 Å². The quantitative estimate of drug-likeness (QED) is 0.843. The summed E-state index contributed by atoms with van der Waals surface area (Å²) in [5.41, 5.74) is -0.460. The number of tetrazole rings is 1. The second-order valence-electron chi connectivity index (χ2n) is 7.43. The first-order valence-corrected chi connectivity index (χ1v) is 8.72. The van der Waals surface area contributed by atoms with Crippen LogP contribution in [0.25, 0.3) is 0 Å². The summed E-state index contributed by atoms with van der Waals surface area (Å²) >= 11 is 0. The van der Waals surface area contributed by atoms with E-state index in [1.54, 1.807) is 11.9 Å². The minimum absolute atomic E-state index is 0.225. The van der Waals surface area contributed by atoms with Crippen LogP contribution in [-0.4, -0.2) is 62.5 Å². The lowest BCUT2D eigenvalue weighted by atomic mass is 9.95. The number of likely N-dealkylation sites (tertiary alicyclic amines) is 1. The molecule has 2 unspecified atom stereocenters. The number of aromatic nitrogens is 4. The lowest BCUT2D eigenvalue weighted by Crippen LogP contribution is -2.41. The number of amides is 1. The summed E-state index contributed by atoms with van der Waals surface area (Å²) in [6.07, 6.45) is 2.52. The van der Waals surface area contributed by atoms with Crippen LogP contribution in [0.3, 0.4) is 0 Å². The Labute approximate surface area is 143 Å². The number of nitrogens with one attached hydrogen (secondary N) is 1. The van der Waals surface area contributed by atoms with Crippen LogP contribution < -0.4 is 5.32 Å². The van der Waals surface area contributed by atoms with Crippen LogP contribution in [0.1, 0.15) is 46.4 Å². The van der Waals surface area contributed by atoms with Crippen molar-refractivity contribution in [2.45, 2.75) is 58.6 Å². The topological polar surface area (TPSA) is 85.2 Å². The van der Waals surface area contributed by atoms with Crippen LogP contribution in [0.5, 0.6) is 0 Å². The van der Waals surface area contributed by atoms with Gasteiger partial charge in [-0.3, -0.25) is 0 Å². The first kappa shape index (κ1) is 18.6. The Morgan fingerprint density at radius 2 is 2.21 bits per heavy atom. The molecular weight excluding hydrogens is 308 g/mol. The summed E-state index contributed by atoms with van der Waals surface area (Å²) in [6.45, 7) is 10.2. The van der Waals surface area contributed by atoms with Gasteiger partial charge in [0.15, 0.2) is 5.82 Å². The molecule has 0 bridgehead atoms. The van der Waals surface area contributed by atoms with E-state index in [0.29, 0.717) is 12.5 Å². The average Bonchev–Trinajstić information content (AvgIpc) is 3.10. The van der Waals surface area contributed by atoms with Crippen LogP contribution in [0.2, 0.25) is 0 Å². The highest BCUT2D eigenvalue weighted by atomic mass is 16.6. The predicted octanol–water partition coefficient (Wildman–Crippen LogP) is 1.38. The molecule has 8 nitrogen and oxygen atoms in total. The predicted molar refractivity (Wildman–Crippen MR) is 90.5 cm³/mol. The molecule has 0 saturated carbocycles. The van der Waals surface area contributed by atoms with E-state index in [1.165, 1.54) is 4.80 Å². The molecule has 2 rings (SSSR count). The molecule has 8 heteroatoms. The van der Waals surface area contributed by atoms with Gasteiger partial charge >= 0.3 is 6.09 Å². The molecule has 24 heavy (non-hydrogen) atoms. The fourth-order valence-corrected chi connectivity index (χ4v) is 2.95. The van der Waals surface area contributed by atoms with Crippen molar-refractivity contribution < 1.29 is 9.53 Å². The van der Waals surface area contributed by atoms with Crippen molar-refractivity contribution in [1.29, 1.82) is 0 Å². The third-order valence-electron chi connectivity index (χ3n) is 4.05. The maximum absolute atomic E-state index is 12.3. The third-order valence-corrected chi connectivity index (χ3v) is 4.05. The van der Waals surface area contributed by atoms with Gasteiger partial charge in [-0.25, -0.2) is 4.79 Å². The number of hydrogen-bond donors (Lipinski definition) is 1. The summed E-state index contributed by atoms with van der Waals surface area (Å²) in [5.74, 6) is 1.11. The molecule has 1 amide bonds. The Balaban J connectivity index is 1.96. The Bertz CT molecular complexity index is 539. The van der Waals surface area contributed by atoms with E-state index in [2.05, 4.69) is 27.7 Å². The van der Waals surface area contributed by atoms with Gasteiger partial charge in [0.25, 0.3) is 0 Å². The Kier molecular flexibility index (Phi) is 6.15. The number of aryl methyl sites for hydroxylation is 1. The Morgan fingerprint density at radius 3 is 2.79 bits per heavy atom. The Hall–Kier alpha value is -1.70. The molecule has 1 aliphatic heterocycles. The molecule has 1 aliphatic rings. The van der Waals surface area contributed by atoms with Crippen LogP contribution in [0, 0.1) is 5.92 Å². The zero-order valence-electron chi connectivity index (χ0n) is 15.4. The molecule has 0 radical (unpaired) electrons. The number of carbonyl (C=O) groups is 1. The maximum Gasteiger partial charge on any atom is 0.410 e. The first-order valence-electron chi connectivity index (χ1n) is 8.72. The standard InChI is InChI=1S/C16H30N6O2/c1-6-8-17-13(10-14-18-20-21(5)19-14)12-7-9-22(11-12)15(23)24-16(2,3)4/h12-13,17H,6-11H2,1-5H3. The fourth-order valence-electron chi connectivity index (χ4n) is 2.95. The van der Waals surface area contributed by atoms with E-state index in [-0.39, 0.29) is 12.1 Å². The summed E-state index contributed by atoms with van der Waals surface area (Å²) in [7, 11) is 1.77. The number of nitrogens with zero attached hydrogens (tertiary/aromatic N) is 5. The van der Waals surface area contributed by atoms with Crippen LogP contribution in [-0.2, 0) is 18.2 Å². The van der Waals surface area contributed by atoms with Crippen molar-refractivity contribution >= 4 is 6.09 Å². The fraction of sp³-hybridized carbons (Fsp3) is 0.875. The van der Waals surface area contributed by atoms with E-state index in [1.807, 2.05) is 20.8 Å². The molecule has 0 spiro atoms. The van der Waals surface area contributed by atoms with Gasteiger partial charge in [0.1, 0.15) is 5.60 Å². The largest absolute Gasteiger partial charge is 0.444 e. The van der Waals surface area contributed by atoms with E-state index >= 15 is 0 Å². The monoisotopic (exact) mass is 338 g/mol. The second kappa shape index (κ2) is 7.92. The van der Waals surface area contributed by atoms with Gasteiger partial charge in [-0.2, -0.15) is 4.80 Å². The molecule has 1 aromatic rings. The van der Waals surface area contributed by atoms with Gasteiger partial charge in [-0.05, 0) is 51.3 Å². The first-order chi connectivity index (χ1) is 11.3. The minimum Gasteiger partial charge on any atom is -0.444 e. The normalized spacial score (nSPS) is 19.5. The second-order valence-corrected chi connectivity index (χ2v) is 7.43. The van der Waals surface area contributed by atoms with E-state index in [4.69, 9.17) is 4.74 Å². The van der Waals surface area contributed by atoms with Crippen molar-refractivity contribution in [3.8, 4) is 0 Å². The van der Waals surface area contributed by atoms with Crippen molar-refractivity contribution in [3.63, 3.8) is 0 Å². The van der Waals surface area contributed by atoms with Crippen molar-refractivity contribution in [1.82, 2.24) is 30.4 Å². The molecule has 1 fully saturated rings. The van der Waals surface area contributed by atoms with Gasteiger partial charge in [-0.1, -0.05) is 6.92 Å². The van der Waals surface area contributed by atoms with Crippen molar-refractivity contribution in [2.24, 2.45) is 13.0 Å². The molecule has 1 aromatic heterocycles. The molecule has 136 valence electrons. The van der Waals surface area contributed by atoms with Gasteiger partial charge in [-0.15, -0.1) is 10.2 Å². The van der Waals surface area contributed by atoms with Crippen molar-refractivity contribution in [2.75, 3.05) is 19.6 Å². The van der Waals surface area contributed by atoms with Crippen LogP contribution >= 0.6 is 0 Å². The SMILES string of the molecule is CCCNC(Cc1nnn(C)n1)C1CCN(C(=O)OC(C)(C)C)C1. The lowest BCUT2D eigenvalue weighted by molar-refractivity contribution is 0.0285. The minimum atomic E-state index is -0.460. The van der Waals surface area contributed by atoms with Gasteiger partial charge in [0.05, 0.1) is 7.05 Å². The maximum atomic E-state index is 12.3. The molecule has 0 aliphatic carbocycles. The summed E-state index contributed by atoms with van der Waals surface area (Å²) < 4.78 is 5.48.